The van der Waals surface area contributed by atoms with Crippen molar-refractivity contribution in [3.8, 4) is 0 Å². The quantitative estimate of drug-likeness (QED) is 0.500. The van der Waals surface area contributed by atoms with Crippen molar-refractivity contribution < 1.29 is 19.5 Å². The molecule has 0 radical (unpaired) electrons. The summed E-state index contributed by atoms with van der Waals surface area (Å²) in [6.45, 7) is 4.41. The molecule has 0 unspecified atom stereocenters. The highest BCUT2D eigenvalue weighted by Gasteiger charge is 2.34. The summed E-state index contributed by atoms with van der Waals surface area (Å²) in [7, 11) is 0. The van der Waals surface area contributed by atoms with Gasteiger partial charge >= 0.3 is 17.9 Å². The molecule has 1 aliphatic heterocycles. The number of aromatic nitrogens is 2. The van der Waals surface area contributed by atoms with Crippen LogP contribution in [0.15, 0.2) is 48.9 Å². The highest BCUT2D eigenvalue weighted by molar-refractivity contribution is 6.39. The van der Waals surface area contributed by atoms with Crippen LogP contribution in [0.25, 0.3) is 10.8 Å². The van der Waals surface area contributed by atoms with E-state index in [-0.39, 0.29) is 17.8 Å². The first-order chi connectivity index (χ1) is 16.4. The maximum Gasteiger partial charge on any atom is 0.410 e. The summed E-state index contributed by atoms with van der Waals surface area (Å²) in [5.41, 5.74) is 1.94. The third kappa shape index (κ3) is 4.98. The van der Waals surface area contributed by atoms with Crippen molar-refractivity contribution in [2.75, 3.05) is 17.2 Å². The molecule has 0 saturated carbocycles. The van der Waals surface area contributed by atoms with Crippen molar-refractivity contribution >= 4 is 40.2 Å². The lowest BCUT2D eigenvalue weighted by Gasteiger charge is -2.38. The Labute approximate surface area is 197 Å². The summed E-state index contributed by atoms with van der Waals surface area (Å²) < 4.78 is 0. The zero-order valence-electron chi connectivity index (χ0n) is 19.1. The fourth-order valence-corrected chi connectivity index (χ4v) is 4.41. The van der Waals surface area contributed by atoms with Crippen LogP contribution in [0.1, 0.15) is 43.9 Å². The first-order valence-electron chi connectivity index (χ1n) is 11.3. The lowest BCUT2D eigenvalue weighted by molar-refractivity contribution is -0.146. The van der Waals surface area contributed by atoms with Crippen LogP contribution >= 0.6 is 0 Å². The normalized spacial score (nSPS) is 17.9. The van der Waals surface area contributed by atoms with Gasteiger partial charge in [-0.2, -0.15) is 0 Å². The van der Waals surface area contributed by atoms with Crippen LogP contribution in [0.4, 0.5) is 16.3 Å². The molecule has 3 amide bonds. The van der Waals surface area contributed by atoms with Gasteiger partial charge in [0.05, 0.1) is 17.9 Å². The van der Waals surface area contributed by atoms with Crippen molar-refractivity contribution in [3.63, 3.8) is 0 Å². The summed E-state index contributed by atoms with van der Waals surface area (Å²) >= 11 is 0. The zero-order chi connectivity index (χ0) is 24.2. The Morgan fingerprint density at radius 1 is 1.09 bits per heavy atom. The maximum atomic E-state index is 13.3. The van der Waals surface area contributed by atoms with Gasteiger partial charge in [-0.05, 0) is 59.9 Å². The Morgan fingerprint density at radius 2 is 1.91 bits per heavy atom. The molecule has 1 aliphatic rings. The van der Waals surface area contributed by atoms with E-state index in [9.17, 15) is 14.4 Å². The minimum atomic E-state index is -1.22. The molecule has 1 saturated heterocycles. The number of nitrogens with zero attached hydrogens (tertiary/aromatic N) is 3. The average Bonchev–Trinajstić information content (AvgIpc) is 2.83. The Hall–Kier alpha value is -4.01. The lowest BCUT2D eigenvalue weighted by Crippen LogP contribution is -2.46. The molecule has 9 heteroatoms. The molecule has 1 fully saturated rings. The largest absolute Gasteiger partial charge is 0.465 e. The van der Waals surface area contributed by atoms with Gasteiger partial charge in [0, 0.05) is 24.3 Å². The van der Waals surface area contributed by atoms with Gasteiger partial charge in [0.1, 0.15) is 5.82 Å². The van der Waals surface area contributed by atoms with Crippen LogP contribution in [0.3, 0.4) is 0 Å². The molecule has 2 atom stereocenters. The molecule has 3 N–H and O–H groups in total. The number of anilines is 2. The van der Waals surface area contributed by atoms with Gasteiger partial charge in [-0.25, -0.2) is 9.78 Å². The monoisotopic (exact) mass is 461 g/mol. The highest BCUT2D eigenvalue weighted by Crippen LogP contribution is 2.34. The number of pyridine rings is 2. The second kappa shape index (κ2) is 9.86. The van der Waals surface area contributed by atoms with Crippen molar-refractivity contribution in [1.82, 2.24) is 14.9 Å². The summed E-state index contributed by atoms with van der Waals surface area (Å²) in [5, 5.41) is 15.9. The summed E-state index contributed by atoms with van der Waals surface area (Å²) in [6, 6.07) is 9.40. The smallest absolute Gasteiger partial charge is 0.410 e. The van der Waals surface area contributed by atoms with E-state index in [1.54, 1.807) is 23.4 Å². The molecule has 1 aromatic carbocycles. The number of likely N-dealkylation sites (tertiary alicyclic amines) is 1. The van der Waals surface area contributed by atoms with Gasteiger partial charge < -0.3 is 15.3 Å². The Morgan fingerprint density at radius 3 is 2.68 bits per heavy atom. The predicted molar refractivity (Wildman–Crippen MR) is 128 cm³/mol. The van der Waals surface area contributed by atoms with Gasteiger partial charge in [-0.3, -0.25) is 19.9 Å². The van der Waals surface area contributed by atoms with Crippen LogP contribution in [0.2, 0.25) is 0 Å². The number of carbonyl (C=O) groups is 3. The standard InChI is InChI=1S/C25H27N5O4/c1-3-16-11-20(13-27-22(16)29-25(33)34)28-23(31)24(32)30-14-15(2)4-7-21(30)18-5-6-19-12-26-9-8-17(19)10-18/h5-6,8-13,15,21H,3-4,7,14H2,1-2H3,(H,27,29)(H,28,31)(H,33,34)/t15-,21+/m1/s1. The van der Waals surface area contributed by atoms with E-state index in [0.717, 1.165) is 29.2 Å². The van der Waals surface area contributed by atoms with E-state index in [1.807, 2.05) is 25.1 Å². The van der Waals surface area contributed by atoms with Crippen molar-refractivity contribution in [2.24, 2.45) is 5.92 Å². The Kier molecular flexibility index (Phi) is 6.72. The number of amides is 3. The van der Waals surface area contributed by atoms with E-state index < -0.39 is 17.9 Å². The van der Waals surface area contributed by atoms with Gasteiger partial charge in [0.25, 0.3) is 0 Å². The molecule has 4 rings (SSSR count). The fraction of sp³-hybridized carbons (Fsp3) is 0.320. The zero-order valence-corrected chi connectivity index (χ0v) is 19.1. The molecular weight excluding hydrogens is 434 g/mol. The van der Waals surface area contributed by atoms with Crippen molar-refractivity contribution in [2.45, 2.75) is 39.2 Å². The first kappa shape index (κ1) is 23.2. The second-order valence-electron chi connectivity index (χ2n) is 8.61. The topological polar surface area (TPSA) is 125 Å². The molecule has 0 bridgehead atoms. The number of aryl methyl sites for hydroxylation is 1. The molecule has 9 nitrogen and oxygen atoms in total. The van der Waals surface area contributed by atoms with Gasteiger partial charge in [0.2, 0.25) is 0 Å². The molecule has 34 heavy (non-hydrogen) atoms. The number of nitrogens with one attached hydrogen (secondary N) is 2. The number of carboxylic acid groups (broad SMARTS) is 1. The Balaban J connectivity index is 1.55. The van der Waals surface area contributed by atoms with Gasteiger partial charge in [-0.15, -0.1) is 0 Å². The summed E-state index contributed by atoms with van der Waals surface area (Å²) in [5.74, 6) is -0.854. The molecule has 3 heterocycles. The predicted octanol–water partition coefficient (Wildman–Crippen LogP) is 4.22. The average molecular weight is 462 g/mol. The van der Waals surface area contributed by atoms with E-state index in [0.29, 0.717) is 24.2 Å². The van der Waals surface area contributed by atoms with Gasteiger partial charge in [-0.1, -0.05) is 26.0 Å². The number of benzene rings is 1. The third-order valence-electron chi connectivity index (χ3n) is 6.15. The van der Waals surface area contributed by atoms with Crippen LogP contribution in [0, 0.1) is 5.92 Å². The van der Waals surface area contributed by atoms with E-state index >= 15 is 0 Å². The molecule has 3 aromatic rings. The Bertz CT molecular complexity index is 1240. The van der Waals surface area contributed by atoms with E-state index in [4.69, 9.17) is 5.11 Å². The molecule has 2 aromatic heterocycles. The first-order valence-corrected chi connectivity index (χ1v) is 11.3. The maximum absolute atomic E-state index is 13.3. The van der Waals surface area contributed by atoms with Gasteiger partial charge in [0.15, 0.2) is 0 Å². The SMILES string of the molecule is CCc1cc(NC(=O)C(=O)N2C[C@H](C)CC[C@H]2c2ccc3cnccc3c2)cnc1NC(=O)O. The molecule has 0 spiro atoms. The fourth-order valence-electron chi connectivity index (χ4n) is 4.41. The minimum absolute atomic E-state index is 0.196. The van der Waals surface area contributed by atoms with E-state index in [1.165, 1.54) is 6.20 Å². The minimum Gasteiger partial charge on any atom is -0.465 e. The third-order valence-corrected chi connectivity index (χ3v) is 6.15. The molecular formula is C25H27N5O4. The number of piperidine rings is 1. The van der Waals surface area contributed by atoms with E-state index in [2.05, 4.69) is 33.6 Å². The number of hydrogen-bond acceptors (Lipinski definition) is 5. The molecule has 0 aliphatic carbocycles. The summed E-state index contributed by atoms with van der Waals surface area (Å²) in [6.07, 6.45) is 5.90. The number of carbonyl (C=O) groups excluding carboxylic acids is 2. The number of hydrogen-bond donors (Lipinski definition) is 3. The molecule has 176 valence electrons. The van der Waals surface area contributed by atoms with Crippen LogP contribution in [-0.2, 0) is 16.0 Å². The number of rotatable bonds is 4. The second-order valence-corrected chi connectivity index (χ2v) is 8.61. The van der Waals surface area contributed by atoms with Crippen molar-refractivity contribution in [3.05, 3.63) is 60.0 Å². The van der Waals surface area contributed by atoms with Crippen LogP contribution in [0.5, 0.6) is 0 Å². The van der Waals surface area contributed by atoms with Crippen LogP contribution in [-0.4, -0.2) is 44.4 Å². The lowest BCUT2D eigenvalue weighted by atomic mass is 9.89. The summed E-state index contributed by atoms with van der Waals surface area (Å²) in [4.78, 5) is 47.0. The van der Waals surface area contributed by atoms with Crippen LogP contribution < -0.4 is 10.6 Å². The van der Waals surface area contributed by atoms with Crippen molar-refractivity contribution in [1.29, 1.82) is 0 Å². The highest BCUT2D eigenvalue weighted by atomic mass is 16.4. The number of fused-ring (bicyclic) bond motifs is 1.